The molecule has 0 atom stereocenters. The molecule has 0 spiro atoms. The summed E-state index contributed by atoms with van der Waals surface area (Å²) < 4.78 is 81.9. The van der Waals surface area contributed by atoms with Crippen molar-refractivity contribution < 1.29 is 35.9 Å². The Kier molecular flexibility index (Phi) is 5.44. The fourth-order valence-electron chi connectivity index (χ4n) is 2.98. The molecule has 0 unspecified atom stereocenters. The van der Waals surface area contributed by atoms with Crippen molar-refractivity contribution >= 4 is 17.2 Å². The van der Waals surface area contributed by atoms with E-state index in [1.54, 1.807) is 30.3 Å². The van der Waals surface area contributed by atoms with Gasteiger partial charge in [-0.15, -0.1) is 13.2 Å². The van der Waals surface area contributed by atoms with Crippen LogP contribution in [-0.2, 0) is 6.18 Å². The molecule has 0 bridgehead atoms. The number of amides is 1. The van der Waals surface area contributed by atoms with Gasteiger partial charge in [0, 0.05) is 17.3 Å². The second-order valence-corrected chi connectivity index (χ2v) is 6.72. The standard InChI is InChI=1S/C21H12F6N4O2/c22-20(23,24)17-10-15(12-4-2-1-3-5-12)29-18-11-16(30-31(17)18)19(32)28-13-6-8-14(9-7-13)33-21(25,26)27/h1-11H,(H,28,32). The Bertz CT molecular complexity index is 1300. The Labute approximate surface area is 181 Å². The zero-order valence-corrected chi connectivity index (χ0v) is 16.3. The third-order valence-electron chi connectivity index (χ3n) is 4.37. The van der Waals surface area contributed by atoms with Gasteiger partial charge in [-0.05, 0) is 30.3 Å². The van der Waals surface area contributed by atoms with Crippen LogP contribution in [0.3, 0.4) is 0 Å². The summed E-state index contributed by atoms with van der Waals surface area (Å²) >= 11 is 0. The van der Waals surface area contributed by atoms with Crippen molar-refractivity contribution in [2.75, 3.05) is 5.32 Å². The van der Waals surface area contributed by atoms with Gasteiger partial charge in [0.15, 0.2) is 17.0 Å². The number of anilines is 1. The van der Waals surface area contributed by atoms with Crippen LogP contribution < -0.4 is 10.1 Å². The van der Waals surface area contributed by atoms with E-state index in [-0.39, 0.29) is 22.7 Å². The van der Waals surface area contributed by atoms with Gasteiger partial charge in [0.05, 0.1) is 5.69 Å². The number of carbonyl (C=O) groups excluding carboxylic acids is 1. The Hall–Kier alpha value is -4.09. The van der Waals surface area contributed by atoms with Crippen LogP contribution in [0.15, 0.2) is 66.7 Å². The third-order valence-corrected chi connectivity index (χ3v) is 4.37. The molecule has 6 nitrogen and oxygen atoms in total. The maximum absolute atomic E-state index is 13.6. The summed E-state index contributed by atoms with van der Waals surface area (Å²) in [5.74, 6) is -1.37. The van der Waals surface area contributed by atoms with Crippen LogP contribution in [0, 0.1) is 0 Å². The Balaban J connectivity index is 1.65. The summed E-state index contributed by atoms with van der Waals surface area (Å²) in [6.07, 6.45) is -9.65. The molecule has 1 N–H and O–H groups in total. The predicted octanol–water partition coefficient (Wildman–Crippen LogP) is 5.57. The number of nitrogens with zero attached hydrogens (tertiary/aromatic N) is 3. The first kappa shape index (κ1) is 22.1. The maximum atomic E-state index is 13.6. The molecule has 4 rings (SSSR count). The van der Waals surface area contributed by atoms with Crippen molar-refractivity contribution in [1.29, 1.82) is 0 Å². The van der Waals surface area contributed by atoms with E-state index >= 15 is 0 Å². The van der Waals surface area contributed by atoms with Gasteiger partial charge in [0.2, 0.25) is 0 Å². The Morgan fingerprint density at radius 3 is 2.18 bits per heavy atom. The number of aromatic nitrogens is 3. The molecular formula is C21H12F6N4O2. The summed E-state index contributed by atoms with van der Waals surface area (Å²) in [7, 11) is 0. The highest BCUT2D eigenvalue weighted by Gasteiger charge is 2.36. The van der Waals surface area contributed by atoms with Crippen molar-refractivity contribution in [3.8, 4) is 17.0 Å². The zero-order valence-electron chi connectivity index (χ0n) is 16.3. The molecule has 0 radical (unpaired) electrons. The summed E-state index contributed by atoms with van der Waals surface area (Å²) in [4.78, 5) is 16.7. The van der Waals surface area contributed by atoms with E-state index in [0.29, 0.717) is 10.1 Å². The number of nitrogens with one attached hydrogen (secondary N) is 1. The van der Waals surface area contributed by atoms with Crippen molar-refractivity contribution in [2.45, 2.75) is 12.5 Å². The molecule has 0 aliphatic heterocycles. The highest BCUT2D eigenvalue weighted by Crippen LogP contribution is 2.32. The number of hydrogen-bond acceptors (Lipinski definition) is 4. The van der Waals surface area contributed by atoms with Gasteiger partial charge in [-0.25, -0.2) is 9.50 Å². The van der Waals surface area contributed by atoms with Crippen molar-refractivity contribution in [3.05, 3.63) is 78.1 Å². The van der Waals surface area contributed by atoms with Gasteiger partial charge in [-0.3, -0.25) is 4.79 Å². The minimum atomic E-state index is -4.87. The van der Waals surface area contributed by atoms with E-state index in [2.05, 4.69) is 20.1 Å². The molecule has 2 aromatic heterocycles. The predicted molar refractivity (Wildman–Crippen MR) is 105 cm³/mol. The van der Waals surface area contributed by atoms with Gasteiger partial charge >= 0.3 is 12.5 Å². The largest absolute Gasteiger partial charge is 0.573 e. The topological polar surface area (TPSA) is 68.5 Å². The molecule has 12 heteroatoms. The number of ether oxygens (including phenoxy) is 1. The van der Waals surface area contributed by atoms with Gasteiger partial charge in [-0.1, -0.05) is 30.3 Å². The first-order valence-corrected chi connectivity index (χ1v) is 9.20. The molecule has 2 heterocycles. The summed E-state index contributed by atoms with van der Waals surface area (Å²) in [6, 6.07) is 14.3. The van der Waals surface area contributed by atoms with Crippen molar-refractivity contribution in [3.63, 3.8) is 0 Å². The molecule has 0 aliphatic rings. The van der Waals surface area contributed by atoms with E-state index in [0.717, 1.165) is 36.4 Å². The quantitative estimate of drug-likeness (QED) is 0.400. The average molecular weight is 466 g/mol. The van der Waals surface area contributed by atoms with Gasteiger partial charge in [0.1, 0.15) is 5.75 Å². The molecule has 170 valence electrons. The van der Waals surface area contributed by atoms with Crippen LogP contribution >= 0.6 is 0 Å². The number of benzene rings is 2. The molecule has 0 saturated heterocycles. The lowest BCUT2D eigenvalue weighted by molar-refractivity contribution is -0.274. The lowest BCUT2D eigenvalue weighted by atomic mass is 10.1. The molecule has 1 amide bonds. The third kappa shape index (κ3) is 5.05. The minimum Gasteiger partial charge on any atom is -0.406 e. The number of alkyl halides is 6. The normalized spacial score (nSPS) is 12.1. The minimum absolute atomic E-state index is 0.0440. The van der Waals surface area contributed by atoms with E-state index in [9.17, 15) is 31.1 Å². The first-order chi connectivity index (χ1) is 15.5. The SMILES string of the molecule is O=C(Nc1ccc(OC(F)(F)F)cc1)c1cc2nc(-c3ccccc3)cc(C(F)(F)F)n2n1. The van der Waals surface area contributed by atoms with Gasteiger partial charge < -0.3 is 10.1 Å². The Morgan fingerprint density at radius 1 is 0.909 bits per heavy atom. The lowest BCUT2D eigenvalue weighted by Crippen LogP contribution is -2.17. The molecular weight excluding hydrogens is 454 g/mol. The lowest BCUT2D eigenvalue weighted by Gasteiger charge is -2.11. The second kappa shape index (κ2) is 8.11. The summed E-state index contributed by atoms with van der Waals surface area (Å²) in [5, 5.41) is 6.08. The van der Waals surface area contributed by atoms with E-state index in [4.69, 9.17) is 0 Å². The molecule has 0 fully saturated rings. The van der Waals surface area contributed by atoms with Crippen LogP contribution in [0.4, 0.5) is 32.0 Å². The van der Waals surface area contributed by atoms with E-state index in [1.165, 1.54) is 0 Å². The fourth-order valence-corrected chi connectivity index (χ4v) is 2.98. The zero-order chi connectivity index (χ0) is 23.8. The van der Waals surface area contributed by atoms with Crippen LogP contribution in [0.2, 0.25) is 0 Å². The second-order valence-electron chi connectivity index (χ2n) is 6.72. The van der Waals surface area contributed by atoms with Crippen molar-refractivity contribution in [2.24, 2.45) is 0 Å². The van der Waals surface area contributed by atoms with E-state index in [1.807, 2.05) is 0 Å². The summed E-state index contributed by atoms with van der Waals surface area (Å²) in [6.45, 7) is 0. The first-order valence-electron chi connectivity index (χ1n) is 9.20. The highest BCUT2D eigenvalue weighted by molar-refractivity contribution is 6.03. The fraction of sp³-hybridized carbons (Fsp3) is 0.0952. The average Bonchev–Trinajstić information content (AvgIpc) is 3.17. The number of fused-ring (bicyclic) bond motifs is 1. The number of hydrogen-bond donors (Lipinski definition) is 1. The number of halogens is 6. The molecule has 2 aromatic carbocycles. The molecule has 0 aliphatic carbocycles. The van der Waals surface area contributed by atoms with Crippen molar-refractivity contribution in [1.82, 2.24) is 14.6 Å². The maximum Gasteiger partial charge on any atom is 0.573 e. The van der Waals surface area contributed by atoms with Crippen LogP contribution in [0.25, 0.3) is 16.9 Å². The smallest absolute Gasteiger partial charge is 0.406 e. The number of carbonyl (C=O) groups is 1. The molecule has 0 saturated carbocycles. The highest BCUT2D eigenvalue weighted by atomic mass is 19.4. The van der Waals surface area contributed by atoms with Gasteiger partial charge in [-0.2, -0.15) is 18.3 Å². The summed E-state index contributed by atoms with van der Waals surface area (Å²) in [5.41, 5.74) is -1.13. The Morgan fingerprint density at radius 2 is 1.58 bits per heavy atom. The molecule has 4 aromatic rings. The van der Waals surface area contributed by atoms with Gasteiger partial charge in [0.25, 0.3) is 5.91 Å². The van der Waals surface area contributed by atoms with E-state index < -0.39 is 29.9 Å². The van der Waals surface area contributed by atoms with Crippen LogP contribution in [0.1, 0.15) is 16.2 Å². The number of rotatable bonds is 4. The molecule has 33 heavy (non-hydrogen) atoms. The van der Waals surface area contributed by atoms with Crippen LogP contribution in [0.5, 0.6) is 5.75 Å². The monoisotopic (exact) mass is 466 g/mol. The van der Waals surface area contributed by atoms with Crippen LogP contribution in [-0.4, -0.2) is 26.9 Å².